The summed E-state index contributed by atoms with van der Waals surface area (Å²) in [6, 6.07) is 6.76. The molecule has 1 nitrogen and oxygen atoms in total. The van der Waals surface area contributed by atoms with Gasteiger partial charge in [-0.3, -0.25) is 0 Å². The molecule has 84 valence electrons. The summed E-state index contributed by atoms with van der Waals surface area (Å²) >= 11 is 4.25. The third-order valence-corrected chi connectivity index (χ3v) is 2.90. The number of benzene rings is 1. The SMILES string of the molecule is CC(CS)CN(C)Cc1cccc(F)c1. The van der Waals surface area contributed by atoms with Crippen LogP contribution in [0.3, 0.4) is 0 Å². The van der Waals surface area contributed by atoms with Gasteiger partial charge in [-0.25, -0.2) is 4.39 Å². The van der Waals surface area contributed by atoms with E-state index >= 15 is 0 Å². The Morgan fingerprint density at radius 3 is 2.80 bits per heavy atom. The van der Waals surface area contributed by atoms with Gasteiger partial charge in [0.2, 0.25) is 0 Å². The summed E-state index contributed by atoms with van der Waals surface area (Å²) in [5, 5.41) is 0. The number of halogens is 1. The minimum atomic E-state index is -0.164. The van der Waals surface area contributed by atoms with Gasteiger partial charge < -0.3 is 4.90 Å². The minimum Gasteiger partial charge on any atom is -0.302 e. The maximum absolute atomic E-state index is 12.9. The molecule has 1 aromatic rings. The molecule has 1 rings (SSSR count). The lowest BCUT2D eigenvalue weighted by Crippen LogP contribution is -2.24. The van der Waals surface area contributed by atoms with Crippen LogP contribution in [0.4, 0.5) is 4.39 Å². The standard InChI is InChI=1S/C12H18FNS/c1-10(9-15)7-14(2)8-11-4-3-5-12(13)6-11/h3-6,10,15H,7-9H2,1-2H3. The van der Waals surface area contributed by atoms with Crippen molar-refractivity contribution in [3.63, 3.8) is 0 Å². The van der Waals surface area contributed by atoms with Crippen molar-refractivity contribution in [1.29, 1.82) is 0 Å². The molecule has 0 amide bonds. The highest BCUT2D eigenvalue weighted by molar-refractivity contribution is 7.80. The third kappa shape index (κ3) is 4.67. The summed E-state index contributed by atoms with van der Waals surface area (Å²) in [5.41, 5.74) is 1.02. The van der Waals surface area contributed by atoms with E-state index in [0.29, 0.717) is 5.92 Å². The molecular formula is C12H18FNS. The van der Waals surface area contributed by atoms with Crippen LogP contribution in [0.1, 0.15) is 12.5 Å². The van der Waals surface area contributed by atoms with Crippen LogP contribution in [0, 0.1) is 11.7 Å². The third-order valence-electron chi connectivity index (χ3n) is 2.28. The molecule has 0 radical (unpaired) electrons. The first-order valence-corrected chi connectivity index (χ1v) is 5.79. The quantitative estimate of drug-likeness (QED) is 0.757. The van der Waals surface area contributed by atoms with Gasteiger partial charge in [-0.05, 0) is 36.4 Å². The second-order valence-electron chi connectivity index (χ2n) is 4.11. The van der Waals surface area contributed by atoms with Crippen LogP contribution in [0.5, 0.6) is 0 Å². The van der Waals surface area contributed by atoms with Gasteiger partial charge in [-0.1, -0.05) is 19.1 Å². The fourth-order valence-electron chi connectivity index (χ4n) is 1.60. The van der Waals surface area contributed by atoms with Crippen LogP contribution < -0.4 is 0 Å². The van der Waals surface area contributed by atoms with Gasteiger partial charge in [0.05, 0.1) is 0 Å². The molecule has 0 fully saturated rings. The molecule has 0 aliphatic carbocycles. The molecule has 0 aliphatic rings. The van der Waals surface area contributed by atoms with Crippen molar-refractivity contribution >= 4 is 12.6 Å². The summed E-state index contributed by atoms with van der Waals surface area (Å²) in [6.07, 6.45) is 0. The molecule has 15 heavy (non-hydrogen) atoms. The van der Waals surface area contributed by atoms with Gasteiger partial charge in [0.1, 0.15) is 5.82 Å². The molecule has 0 spiro atoms. The van der Waals surface area contributed by atoms with Gasteiger partial charge in [-0.15, -0.1) is 0 Å². The van der Waals surface area contributed by atoms with E-state index < -0.39 is 0 Å². The molecule has 3 heteroatoms. The lowest BCUT2D eigenvalue weighted by molar-refractivity contribution is 0.290. The maximum atomic E-state index is 12.9. The zero-order valence-electron chi connectivity index (χ0n) is 9.28. The van der Waals surface area contributed by atoms with Crippen LogP contribution in [0.2, 0.25) is 0 Å². The van der Waals surface area contributed by atoms with Crippen molar-refractivity contribution in [2.75, 3.05) is 19.3 Å². The summed E-state index contributed by atoms with van der Waals surface area (Å²) < 4.78 is 12.9. The van der Waals surface area contributed by atoms with E-state index in [1.54, 1.807) is 12.1 Å². The molecular weight excluding hydrogens is 209 g/mol. The summed E-state index contributed by atoms with van der Waals surface area (Å²) in [4.78, 5) is 2.19. The van der Waals surface area contributed by atoms with Gasteiger partial charge in [0.15, 0.2) is 0 Å². The molecule has 0 saturated carbocycles. The molecule has 0 saturated heterocycles. The molecule has 0 aromatic heterocycles. The Labute approximate surface area is 96.7 Å². The summed E-state index contributed by atoms with van der Waals surface area (Å²) in [5.74, 6) is 1.28. The maximum Gasteiger partial charge on any atom is 0.123 e. The molecule has 0 N–H and O–H groups in total. The lowest BCUT2D eigenvalue weighted by atomic mass is 10.1. The van der Waals surface area contributed by atoms with Crippen LogP contribution in [0.15, 0.2) is 24.3 Å². The Morgan fingerprint density at radius 1 is 1.47 bits per heavy atom. The van der Waals surface area contributed by atoms with E-state index in [0.717, 1.165) is 24.4 Å². The van der Waals surface area contributed by atoms with Crippen LogP contribution >= 0.6 is 12.6 Å². The monoisotopic (exact) mass is 227 g/mol. The first-order valence-electron chi connectivity index (χ1n) is 5.15. The van der Waals surface area contributed by atoms with E-state index in [-0.39, 0.29) is 5.82 Å². The van der Waals surface area contributed by atoms with E-state index in [1.807, 2.05) is 13.1 Å². The van der Waals surface area contributed by atoms with Gasteiger partial charge in [0.25, 0.3) is 0 Å². The highest BCUT2D eigenvalue weighted by atomic mass is 32.1. The normalized spacial score (nSPS) is 13.1. The second-order valence-corrected chi connectivity index (χ2v) is 4.48. The first kappa shape index (κ1) is 12.5. The average molecular weight is 227 g/mol. The zero-order chi connectivity index (χ0) is 11.3. The minimum absolute atomic E-state index is 0.164. The van der Waals surface area contributed by atoms with Crippen molar-refractivity contribution in [2.24, 2.45) is 5.92 Å². The Balaban J connectivity index is 2.47. The van der Waals surface area contributed by atoms with E-state index in [1.165, 1.54) is 6.07 Å². The van der Waals surface area contributed by atoms with Crippen molar-refractivity contribution in [3.05, 3.63) is 35.6 Å². The number of hydrogen-bond donors (Lipinski definition) is 1. The molecule has 0 heterocycles. The lowest BCUT2D eigenvalue weighted by Gasteiger charge is -2.20. The Hall–Kier alpha value is -0.540. The van der Waals surface area contributed by atoms with Crippen LogP contribution in [-0.2, 0) is 6.54 Å². The molecule has 0 bridgehead atoms. The van der Waals surface area contributed by atoms with Crippen molar-refractivity contribution < 1.29 is 4.39 Å². The largest absolute Gasteiger partial charge is 0.302 e. The summed E-state index contributed by atoms with van der Waals surface area (Å²) in [7, 11) is 2.05. The zero-order valence-corrected chi connectivity index (χ0v) is 10.2. The summed E-state index contributed by atoms with van der Waals surface area (Å²) in [6.45, 7) is 3.94. The van der Waals surface area contributed by atoms with E-state index in [4.69, 9.17) is 0 Å². The predicted octanol–water partition coefficient (Wildman–Crippen LogP) is 2.82. The molecule has 1 aromatic carbocycles. The van der Waals surface area contributed by atoms with Crippen molar-refractivity contribution in [1.82, 2.24) is 4.90 Å². The van der Waals surface area contributed by atoms with Crippen LogP contribution in [0.25, 0.3) is 0 Å². The number of hydrogen-bond acceptors (Lipinski definition) is 2. The number of thiol groups is 1. The molecule has 1 unspecified atom stereocenters. The van der Waals surface area contributed by atoms with Crippen LogP contribution in [-0.4, -0.2) is 24.2 Å². The average Bonchev–Trinajstić information content (AvgIpc) is 2.17. The van der Waals surface area contributed by atoms with Crippen molar-refractivity contribution in [3.8, 4) is 0 Å². The fraction of sp³-hybridized carbons (Fsp3) is 0.500. The van der Waals surface area contributed by atoms with E-state index in [2.05, 4.69) is 24.5 Å². The topological polar surface area (TPSA) is 3.24 Å². The van der Waals surface area contributed by atoms with Gasteiger partial charge >= 0.3 is 0 Å². The predicted molar refractivity (Wildman–Crippen MR) is 65.8 cm³/mol. The number of rotatable bonds is 5. The van der Waals surface area contributed by atoms with E-state index in [9.17, 15) is 4.39 Å². The highest BCUT2D eigenvalue weighted by Gasteiger charge is 2.05. The number of nitrogens with zero attached hydrogens (tertiary/aromatic N) is 1. The Kier molecular flexibility index (Phi) is 5.12. The highest BCUT2D eigenvalue weighted by Crippen LogP contribution is 2.08. The first-order chi connectivity index (χ1) is 7.11. The smallest absolute Gasteiger partial charge is 0.123 e. The molecule has 1 atom stereocenters. The second kappa shape index (κ2) is 6.13. The Morgan fingerprint density at radius 2 is 2.20 bits per heavy atom. The van der Waals surface area contributed by atoms with Gasteiger partial charge in [0, 0.05) is 13.1 Å². The molecule has 0 aliphatic heterocycles. The van der Waals surface area contributed by atoms with Crippen molar-refractivity contribution in [2.45, 2.75) is 13.5 Å². The van der Waals surface area contributed by atoms with Gasteiger partial charge in [-0.2, -0.15) is 12.6 Å². The Bertz CT molecular complexity index is 303. The fourth-order valence-corrected chi connectivity index (χ4v) is 1.72.